The number of methoxy groups -OCH3 is 1. The Kier molecular flexibility index (Phi) is 14.2. The number of esters is 1. The maximum Gasteiger partial charge on any atom is 0.490 e. The predicted octanol–water partition coefficient (Wildman–Crippen LogP) is 9.69. The van der Waals surface area contributed by atoms with Crippen LogP contribution in [0, 0.1) is 5.82 Å². The maximum atomic E-state index is 13.8. The molecule has 1 fully saturated rings. The van der Waals surface area contributed by atoms with Gasteiger partial charge in [-0.15, -0.1) is 0 Å². The normalized spacial score (nSPS) is 16.5. The van der Waals surface area contributed by atoms with Crippen molar-refractivity contribution in [1.82, 2.24) is 19.4 Å². The second-order valence-electron chi connectivity index (χ2n) is 16.8. The summed E-state index contributed by atoms with van der Waals surface area (Å²) >= 11 is 0. The third-order valence-electron chi connectivity index (χ3n) is 12.1. The van der Waals surface area contributed by atoms with E-state index >= 15 is 0 Å². The highest BCUT2D eigenvalue weighted by Crippen LogP contribution is 2.44. The fourth-order valence-electron chi connectivity index (χ4n) is 7.82. The third kappa shape index (κ3) is 10.3. The molecule has 14 heteroatoms. The smallest absolute Gasteiger partial charge is 0.464 e. The number of hydrogen-bond acceptors (Lipinski definition) is 9. The molecule has 0 aliphatic carbocycles. The Labute approximate surface area is 374 Å². The summed E-state index contributed by atoms with van der Waals surface area (Å²) in [4.78, 5) is 45.6. The van der Waals surface area contributed by atoms with Gasteiger partial charge in [-0.1, -0.05) is 84.9 Å². The SMILES string of the molecule is CC1(C)OB(C2=CCN(C(=O)OCc3ccccc3)CC2)OC1(C)C.COC(=O)c1c(-c2ccc(F)cc2)c(-c2ccncc2)c(C2=CCN(C(=O)OCc3ccccc3)CC2)n1C. The average molecular weight is 869 g/mol. The molecule has 3 aromatic carbocycles. The van der Waals surface area contributed by atoms with Crippen molar-refractivity contribution in [3.05, 3.63) is 155 Å². The zero-order valence-electron chi connectivity index (χ0n) is 37.2. The number of hydrogen-bond donors (Lipinski definition) is 0. The van der Waals surface area contributed by atoms with Gasteiger partial charge in [-0.05, 0) is 98.1 Å². The number of benzene rings is 3. The number of carbonyl (C=O) groups excluding carboxylic acids is 3. The summed E-state index contributed by atoms with van der Waals surface area (Å²) in [6.45, 7) is 10.6. The molecule has 2 aromatic heterocycles. The number of pyridine rings is 1. The van der Waals surface area contributed by atoms with E-state index in [1.165, 1.54) is 19.2 Å². The molecule has 12 nitrogen and oxygen atoms in total. The molecule has 5 heterocycles. The lowest BCUT2D eigenvalue weighted by Crippen LogP contribution is -2.41. The first-order chi connectivity index (χ1) is 30.8. The molecule has 0 N–H and O–H groups in total. The molecule has 1 saturated heterocycles. The van der Waals surface area contributed by atoms with Gasteiger partial charge in [-0.2, -0.15) is 0 Å². The van der Waals surface area contributed by atoms with E-state index in [4.69, 9.17) is 23.5 Å². The van der Waals surface area contributed by atoms with Gasteiger partial charge >= 0.3 is 25.3 Å². The van der Waals surface area contributed by atoms with Crippen molar-refractivity contribution in [3.8, 4) is 22.3 Å². The topological polar surface area (TPSA) is 122 Å². The van der Waals surface area contributed by atoms with Crippen LogP contribution in [0.4, 0.5) is 14.0 Å². The van der Waals surface area contributed by atoms with E-state index in [2.05, 4.69) is 4.98 Å². The highest BCUT2D eigenvalue weighted by molar-refractivity contribution is 6.54. The van der Waals surface area contributed by atoms with Crippen molar-refractivity contribution < 1.29 is 42.3 Å². The summed E-state index contributed by atoms with van der Waals surface area (Å²) < 4.78 is 43.9. The van der Waals surface area contributed by atoms with Crippen molar-refractivity contribution in [2.45, 2.75) is 65.0 Å². The summed E-state index contributed by atoms with van der Waals surface area (Å²) in [5.74, 6) is -0.866. The molecule has 5 aromatic rings. The van der Waals surface area contributed by atoms with Gasteiger partial charge in [0.1, 0.15) is 24.7 Å². The predicted molar refractivity (Wildman–Crippen MR) is 243 cm³/mol. The Morgan fingerprint density at radius 1 is 0.703 bits per heavy atom. The zero-order chi connectivity index (χ0) is 45.4. The summed E-state index contributed by atoms with van der Waals surface area (Å²) in [7, 11) is 2.84. The van der Waals surface area contributed by atoms with Gasteiger partial charge in [-0.25, -0.2) is 18.8 Å². The van der Waals surface area contributed by atoms with Gasteiger partial charge in [0.25, 0.3) is 0 Å². The van der Waals surface area contributed by atoms with Crippen molar-refractivity contribution in [2.75, 3.05) is 33.3 Å². The molecule has 0 spiro atoms. The van der Waals surface area contributed by atoms with E-state index in [-0.39, 0.29) is 42.9 Å². The van der Waals surface area contributed by atoms with E-state index in [1.807, 2.05) is 124 Å². The fraction of sp³-hybridized carbons (Fsp3) is 0.320. The molecule has 0 bridgehead atoms. The van der Waals surface area contributed by atoms with Gasteiger partial charge in [0.15, 0.2) is 0 Å². The van der Waals surface area contributed by atoms with Gasteiger partial charge in [0.05, 0.1) is 24.0 Å². The van der Waals surface area contributed by atoms with E-state index in [9.17, 15) is 18.8 Å². The standard InChI is InChI=1S/C31H28FN3O4.C19H26BNO4/c1-34-28(24-14-18-35(19-15-24)31(37)39-20-21-6-4-3-5-7-21)26(23-12-16-33-17-13-23)27(29(34)30(36)38-2)22-8-10-25(32)11-9-22;1-18(2)19(3,4)25-20(24-18)16-10-12-21(13-11-16)17(22)23-14-15-8-6-5-7-9-15/h3-14,16-17H,15,18-20H2,1-2H3;5-10H,11-14H2,1-4H3. The molecule has 3 aliphatic rings. The first-order valence-corrected chi connectivity index (χ1v) is 21.4. The molecule has 0 radical (unpaired) electrons. The largest absolute Gasteiger partial charge is 0.490 e. The number of carbonyl (C=O) groups is 3. The Morgan fingerprint density at radius 2 is 1.22 bits per heavy atom. The summed E-state index contributed by atoms with van der Waals surface area (Å²) in [6, 6.07) is 29.1. The average Bonchev–Trinajstić information content (AvgIpc) is 3.75. The van der Waals surface area contributed by atoms with E-state index in [1.54, 1.807) is 34.3 Å². The number of aromatic nitrogens is 2. The molecule has 332 valence electrons. The van der Waals surface area contributed by atoms with Crippen molar-refractivity contribution in [1.29, 1.82) is 0 Å². The Morgan fingerprint density at radius 3 is 1.70 bits per heavy atom. The van der Waals surface area contributed by atoms with Crippen LogP contribution in [-0.4, -0.2) is 89.1 Å². The van der Waals surface area contributed by atoms with E-state index in [0.717, 1.165) is 45.4 Å². The summed E-state index contributed by atoms with van der Waals surface area (Å²) in [5.41, 5.74) is 7.51. The second-order valence-corrected chi connectivity index (χ2v) is 16.8. The highest BCUT2D eigenvalue weighted by atomic mass is 19.1. The monoisotopic (exact) mass is 868 g/mol. The van der Waals surface area contributed by atoms with Crippen LogP contribution in [0.3, 0.4) is 0 Å². The van der Waals surface area contributed by atoms with Crippen LogP contribution in [0.25, 0.3) is 27.8 Å². The van der Waals surface area contributed by atoms with Gasteiger partial charge in [-0.3, -0.25) is 4.98 Å². The molecule has 3 aliphatic heterocycles. The van der Waals surface area contributed by atoms with Crippen LogP contribution >= 0.6 is 0 Å². The van der Waals surface area contributed by atoms with E-state index in [0.29, 0.717) is 56.0 Å². The van der Waals surface area contributed by atoms with Crippen molar-refractivity contribution in [3.63, 3.8) is 0 Å². The first-order valence-electron chi connectivity index (χ1n) is 21.4. The zero-order valence-corrected chi connectivity index (χ0v) is 37.2. The number of halogens is 1. The minimum absolute atomic E-state index is 0.209. The minimum Gasteiger partial charge on any atom is -0.464 e. The van der Waals surface area contributed by atoms with Crippen LogP contribution in [0.1, 0.15) is 67.8 Å². The lowest BCUT2D eigenvalue weighted by molar-refractivity contribution is 0.00578. The Bertz CT molecular complexity index is 2480. The van der Waals surface area contributed by atoms with Crippen LogP contribution < -0.4 is 0 Å². The Balaban J connectivity index is 0.000000211. The molecule has 0 unspecified atom stereocenters. The summed E-state index contributed by atoms with van der Waals surface area (Å²) in [6.07, 6.45) is 8.02. The van der Waals surface area contributed by atoms with Gasteiger partial charge in [0.2, 0.25) is 0 Å². The second kappa shape index (κ2) is 19.9. The summed E-state index contributed by atoms with van der Waals surface area (Å²) in [5, 5.41) is 0. The van der Waals surface area contributed by atoms with E-state index < -0.39 is 5.97 Å². The Hall–Kier alpha value is -6.51. The maximum absolute atomic E-state index is 13.8. The number of nitrogens with zero attached hydrogens (tertiary/aromatic N) is 4. The van der Waals surface area contributed by atoms with Gasteiger partial charge < -0.3 is 37.9 Å². The molecular formula is C50H54BFN4O8. The molecule has 0 atom stereocenters. The van der Waals surface area contributed by atoms with Crippen molar-refractivity contribution in [2.24, 2.45) is 7.05 Å². The quantitative estimate of drug-likeness (QED) is 0.0810. The minimum atomic E-state index is -0.499. The van der Waals surface area contributed by atoms with Crippen LogP contribution in [0.15, 0.2) is 127 Å². The lowest BCUT2D eigenvalue weighted by Gasteiger charge is -2.32. The molecule has 64 heavy (non-hydrogen) atoms. The molecule has 0 saturated carbocycles. The van der Waals surface area contributed by atoms with Crippen LogP contribution in [-0.2, 0) is 43.8 Å². The molecule has 8 rings (SSSR count). The highest BCUT2D eigenvalue weighted by Gasteiger charge is 2.52. The number of ether oxygens (including phenoxy) is 3. The lowest BCUT2D eigenvalue weighted by atomic mass is 9.75. The van der Waals surface area contributed by atoms with Gasteiger partial charge in [0, 0.05) is 56.7 Å². The number of rotatable bonds is 9. The molecular weight excluding hydrogens is 814 g/mol. The fourth-order valence-corrected chi connectivity index (χ4v) is 7.82. The third-order valence-corrected chi connectivity index (χ3v) is 12.1. The number of amides is 2. The first kappa shape index (κ1) is 45.5. The van der Waals surface area contributed by atoms with Crippen molar-refractivity contribution >= 4 is 30.8 Å². The van der Waals surface area contributed by atoms with Crippen LogP contribution in [0.2, 0.25) is 0 Å². The molecule has 2 amide bonds. The van der Waals surface area contributed by atoms with Crippen LogP contribution in [0.5, 0.6) is 0 Å².